The molecular formula is C17H14Cl2N6O2. The Kier molecular flexibility index (Phi) is 6.00. The van der Waals surface area contributed by atoms with Crippen LogP contribution in [0.3, 0.4) is 0 Å². The normalized spacial score (nSPS) is 10.4. The molecule has 2 amide bonds. The summed E-state index contributed by atoms with van der Waals surface area (Å²) < 4.78 is 1.45. The van der Waals surface area contributed by atoms with Gasteiger partial charge in [0.1, 0.15) is 6.33 Å². The van der Waals surface area contributed by atoms with Crippen LogP contribution in [0, 0.1) is 0 Å². The van der Waals surface area contributed by atoms with E-state index in [4.69, 9.17) is 23.2 Å². The number of carbonyl (C=O) groups is 2. The maximum absolute atomic E-state index is 12.2. The van der Waals surface area contributed by atoms with Gasteiger partial charge >= 0.3 is 0 Å². The first kappa shape index (κ1) is 18.8. The van der Waals surface area contributed by atoms with Crippen LogP contribution in [0.4, 0.5) is 0 Å². The molecule has 3 aromatic rings. The summed E-state index contributed by atoms with van der Waals surface area (Å²) in [7, 11) is 0. The number of tetrazole rings is 1. The Balaban J connectivity index is 1.50. The van der Waals surface area contributed by atoms with E-state index < -0.39 is 0 Å². The van der Waals surface area contributed by atoms with E-state index in [1.807, 2.05) is 0 Å². The summed E-state index contributed by atoms with van der Waals surface area (Å²) in [5.74, 6) is -0.572. The molecule has 0 saturated carbocycles. The van der Waals surface area contributed by atoms with Crippen LogP contribution in [0.15, 0.2) is 48.8 Å². The Hall–Kier alpha value is -2.97. The second kappa shape index (κ2) is 8.61. The summed E-state index contributed by atoms with van der Waals surface area (Å²) in [6.07, 6.45) is 1.44. The molecule has 0 atom stereocenters. The topological polar surface area (TPSA) is 102 Å². The molecule has 0 aliphatic heterocycles. The van der Waals surface area contributed by atoms with Gasteiger partial charge in [-0.25, -0.2) is 4.68 Å². The van der Waals surface area contributed by atoms with Crippen LogP contribution in [0.25, 0.3) is 5.69 Å². The van der Waals surface area contributed by atoms with Crippen molar-refractivity contribution in [3.05, 3.63) is 70.0 Å². The zero-order chi connectivity index (χ0) is 19.2. The minimum atomic E-state index is -0.302. The first-order chi connectivity index (χ1) is 13.0. The van der Waals surface area contributed by atoms with Gasteiger partial charge in [-0.15, -0.1) is 5.10 Å². The number of hydrogen-bond donors (Lipinski definition) is 2. The fourth-order valence-corrected chi connectivity index (χ4v) is 2.56. The van der Waals surface area contributed by atoms with Gasteiger partial charge in [0.15, 0.2) is 0 Å². The second-order valence-electron chi connectivity index (χ2n) is 5.45. The molecular weight excluding hydrogens is 391 g/mol. The van der Waals surface area contributed by atoms with Crippen molar-refractivity contribution in [3.8, 4) is 5.69 Å². The fraction of sp³-hybridized carbons (Fsp3) is 0.118. The van der Waals surface area contributed by atoms with Gasteiger partial charge in [-0.1, -0.05) is 29.3 Å². The number of hydrogen-bond acceptors (Lipinski definition) is 5. The van der Waals surface area contributed by atoms with Crippen molar-refractivity contribution in [2.24, 2.45) is 0 Å². The predicted octanol–water partition coefficient (Wildman–Crippen LogP) is 2.13. The standard InChI is InChI=1S/C17H14Cl2N6O2/c18-14-5-4-12(9-15(14)19)17(27)21-7-6-20-16(26)11-2-1-3-13(8-11)25-10-22-23-24-25/h1-5,8-10H,6-7H2,(H,20,26)(H,21,27). The minimum absolute atomic E-state index is 0.261. The largest absolute Gasteiger partial charge is 0.350 e. The molecule has 10 heteroatoms. The molecule has 3 rings (SSSR count). The number of benzene rings is 2. The van der Waals surface area contributed by atoms with Crippen LogP contribution in [-0.2, 0) is 0 Å². The zero-order valence-corrected chi connectivity index (χ0v) is 15.4. The lowest BCUT2D eigenvalue weighted by Gasteiger charge is -2.08. The minimum Gasteiger partial charge on any atom is -0.350 e. The SMILES string of the molecule is O=C(NCCNC(=O)c1ccc(Cl)c(Cl)c1)c1cccc(-n2cnnn2)c1. The number of aromatic nitrogens is 4. The molecule has 0 radical (unpaired) electrons. The van der Waals surface area contributed by atoms with E-state index in [0.29, 0.717) is 26.9 Å². The number of carbonyl (C=O) groups excluding carboxylic acids is 2. The van der Waals surface area contributed by atoms with Crippen molar-refractivity contribution in [1.82, 2.24) is 30.8 Å². The molecule has 0 aliphatic carbocycles. The van der Waals surface area contributed by atoms with Gasteiger partial charge in [0.25, 0.3) is 11.8 Å². The monoisotopic (exact) mass is 404 g/mol. The van der Waals surface area contributed by atoms with E-state index in [-0.39, 0.29) is 24.9 Å². The number of rotatable bonds is 6. The molecule has 0 fully saturated rings. The van der Waals surface area contributed by atoms with Crippen LogP contribution in [-0.4, -0.2) is 45.1 Å². The van der Waals surface area contributed by atoms with E-state index >= 15 is 0 Å². The van der Waals surface area contributed by atoms with Crippen molar-refractivity contribution in [2.75, 3.05) is 13.1 Å². The quantitative estimate of drug-likeness (QED) is 0.612. The van der Waals surface area contributed by atoms with Gasteiger partial charge in [-0.2, -0.15) is 0 Å². The van der Waals surface area contributed by atoms with Crippen LogP contribution in [0.2, 0.25) is 10.0 Å². The summed E-state index contributed by atoms with van der Waals surface area (Å²) >= 11 is 11.7. The highest BCUT2D eigenvalue weighted by Gasteiger charge is 2.09. The average molecular weight is 405 g/mol. The van der Waals surface area contributed by atoms with Crippen molar-refractivity contribution in [2.45, 2.75) is 0 Å². The van der Waals surface area contributed by atoms with E-state index in [9.17, 15) is 9.59 Å². The third-order valence-corrected chi connectivity index (χ3v) is 4.34. The number of amides is 2. The number of nitrogens with one attached hydrogen (secondary N) is 2. The lowest BCUT2D eigenvalue weighted by molar-refractivity contribution is 0.0927. The molecule has 0 unspecified atom stereocenters. The highest BCUT2D eigenvalue weighted by atomic mass is 35.5. The van der Waals surface area contributed by atoms with Gasteiger partial charge < -0.3 is 10.6 Å². The Bertz CT molecular complexity index is 962. The summed E-state index contributed by atoms with van der Waals surface area (Å²) in [6, 6.07) is 11.5. The van der Waals surface area contributed by atoms with Crippen molar-refractivity contribution in [1.29, 1.82) is 0 Å². The van der Waals surface area contributed by atoms with Gasteiger partial charge in [0, 0.05) is 24.2 Å². The van der Waals surface area contributed by atoms with Crippen LogP contribution in [0.1, 0.15) is 20.7 Å². The zero-order valence-electron chi connectivity index (χ0n) is 13.9. The lowest BCUT2D eigenvalue weighted by atomic mass is 10.2. The van der Waals surface area contributed by atoms with Gasteiger partial charge in [0.05, 0.1) is 15.7 Å². The van der Waals surface area contributed by atoms with E-state index in [1.165, 1.54) is 17.1 Å². The molecule has 1 heterocycles. The number of halogens is 2. The smallest absolute Gasteiger partial charge is 0.251 e. The second-order valence-corrected chi connectivity index (χ2v) is 6.26. The number of nitrogens with zero attached hydrogens (tertiary/aromatic N) is 4. The van der Waals surface area contributed by atoms with E-state index in [2.05, 4.69) is 26.2 Å². The summed E-state index contributed by atoms with van der Waals surface area (Å²) in [4.78, 5) is 24.3. The van der Waals surface area contributed by atoms with Crippen LogP contribution < -0.4 is 10.6 Å². The van der Waals surface area contributed by atoms with Gasteiger partial charge in [-0.05, 0) is 46.8 Å². The maximum Gasteiger partial charge on any atom is 0.251 e. The van der Waals surface area contributed by atoms with E-state index in [1.54, 1.807) is 36.4 Å². The van der Waals surface area contributed by atoms with Gasteiger partial charge in [-0.3, -0.25) is 9.59 Å². The van der Waals surface area contributed by atoms with Crippen molar-refractivity contribution >= 4 is 35.0 Å². The predicted molar refractivity (Wildman–Crippen MR) is 100 cm³/mol. The summed E-state index contributed by atoms with van der Waals surface area (Å²) in [6.45, 7) is 0.526. The third kappa shape index (κ3) is 4.81. The Morgan fingerprint density at radius 1 is 0.926 bits per heavy atom. The highest BCUT2D eigenvalue weighted by Crippen LogP contribution is 2.22. The molecule has 2 N–H and O–H groups in total. The fourth-order valence-electron chi connectivity index (χ4n) is 2.26. The Morgan fingerprint density at radius 3 is 2.26 bits per heavy atom. The first-order valence-corrected chi connectivity index (χ1v) is 8.65. The first-order valence-electron chi connectivity index (χ1n) is 7.89. The summed E-state index contributed by atoms with van der Waals surface area (Å²) in [5, 5.41) is 17.0. The Labute approximate surface area is 164 Å². The molecule has 1 aromatic heterocycles. The average Bonchev–Trinajstić information content (AvgIpc) is 3.22. The van der Waals surface area contributed by atoms with Crippen LogP contribution in [0.5, 0.6) is 0 Å². The molecule has 27 heavy (non-hydrogen) atoms. The molecule has 0 bridgehead atoms. The van der Waals surface area contributed by atoms with E-state index in [0.717, 1.165) is 0 Å². The van der Waals surface area contributed by atoms with Crippen molar-refractivity contribution in [3.63, 3.8) is 0 Å². The lowest BCUT2D eigenvalue weighted by Crippen LogP contribution is -2.34. The van der Waals surface area contributed by atoms with Gasteiger partial charge in [0.2, 0.25) is 0 Å². The van der Waals surface area contributed by atoms with Crippen molar-refractivity contribution < 1.29 is 9.59 Å². The van der Waals surface area contributed by atoms with Crippen LogP contribution >= 0.6 is 23.2 Å². The molecule has 0 spiro atoms. The molecule has 2 aromatic carbocycles. The maximum atomic E-state index is 12.2. The summed E-state index contributed by atoms with van der Waals surface area (Å²) in [5.41, 5.74) is 1.52. The molecule has 0 aliphatic rings. The third-order valence-electron chi connectivity index (χ3n) is 3.60. The molecule has 0 saturated heterocycles. The highest BCUT2D eigenvalue weighted by molar-refractivity contribution is 6.42. The molecule has 138 valence electrons. The Morgan fingerprint density at radius 2 is 1.63 bits per heavy atom. The molecule has 8 nitrogen and oxygen atoms in total.